The van der Waals surface area contributed by atoms with E-state index in [2.05, 4.69) is 5.16 Å². The number of aliphatic carboxylic acids is 1. The van der Waals surface area contributed by atoms with Crippen LogP contribution in [0.3, 0.4) is 0 Å². The highest BCUT2D eigenvalue weighted by Crippen LogP contribution is 2.27. The van der Waals surface area contributed by atoms with Crippen LogP contribution in [-0.4, -0.2) is 53.6 Å². The summed E-state index contributed by atoms with van der Waals surface area (Å²) >= 11 is 0. The summed E-state index contributed by atoms with van der Waals surface area (Å²) in [5, 5.41) is 12.2. The lowest BCUT2D eigenvalue weighted by Crippen LogP contribution is -2.33. The van der Waals surface area contributed by atoms with E-state index in [1.807, 2.05) is 0 Å². The summed E-state index contributed by atoms with van der Waals surface area (Å²) in [6, 6.07) is 0. The quantitative estimate of drug-likeness (QED) is 0.455. The van der Waals surface area contributed by atoms with Crippen molar-refractivity contribution in [3.8, 4) is 0 Å². The fraction of sp³-hybridized carbons (Fsp3) is 0.692. The predicted octanol–water partition coefficient (Wildman–Crippen LogP) is 0.680. The summed E-state index contributed by atoms with van der Waals surface area (Å²) in [5.74, 6) is -1.95. The van der Waals surface area contributed by atoms with Gasteiger partial charge in [-0.25, -0.2) is 4.79 Å². The molecule has 1 aliphatic carbocycles. The first-order chi connectivity index (χ1) is 9.32. The van der Waals surface area contributed by atoms with Gasteiger partial charge in [0.15, 0.2) is 5.78 Å². The number of carboxylic acids is 1. The number of hydrogen-bond acceptors (Lipinski definition) is 5. The van der Waals surface area contributed by atoms with Crippen LogP contribution in [0.5, 0.6) is 0 Å². The van der Waals surface area contributed by atoms with E-state index in [9.17, 15) is 14.4 Å². The van der Waals surface area contributed by atoms with Crippen molar-refractivity contribution in [3.63, 3.8) is 0 Å². The van der Waals surface area contributed by atoms with Crippen molar-refractivity contribution in [2.75, 3.05) is 14.1 Å². The second kappa shape index (κ2) is 7.02. The molecular weight excluding hydrogens is 264 g/mol. The molecule has 1 rings (SSSR count). The van der Waals surface area contributed by atoms with Gasteiger partial charge >= 0.3 is 5.97 Å². The molecule has 1 amide bonds. The number of carbonyl (C=O) groups excluding carboxylic acids is 2. The Labute approximate surface area is 117 Å². The standard InChI is InChI=1S/C13H20N2O5/c1-8(16)11(13(18)19)14-20-10-6-4-9(5-7-10)12(17)15(2)3/h9-10H,4-7H2,1-3H3,(H,18,19)/b14-11+. The summed E-state index contributed by atoms with van der Waals surface area (Å²) in [7, 11) is 3.45. The molecule has 0 aliphatic heterocycles. The first kappa shape index (κ1) is 16.1. The van der Waals surface area contributed by atoms with E-state index in [0.29, 0.717) is 25.7 Å². The number of hydrogen-bond donors (Lipinski definition) is 1. The monoisotopic (exact) mass is 284 g/mol. The molecule has 1 aliphatic rings. The third-order valence-electron chi connectivity index (χ3n) is 3.29. The largest absolute Gasteiger partial charge is 0.476 e. The summed E-state index contributed by atoms with van der Waals surface area (Å²) < 4.78 is 0. The Morgan fingerprint density at radius 3 is 2.10 bits per heavy atom. The van der Waals surface area contributed by atoms with Gasteiger partial charge in [0.2, 0.25) is 11.6 Å². The molecule has 0 bridgehead atoms. The maximum Gasteiger partial charge on any atom is 0.361 e. The topological polar surface area (TPSA) is 96.3 Å². The number of carboxylic acid groups (broad SMARTS) is 1. The average molecular weight is 284 g/mol. The molecule has 0 atom stereocenters. The minimum atomic E-state index is -1.39. The lowest BCUT2D eigenvalue weighted by atomic mass is 9.86. The van der Waals surface area contributed by atoms with E-state index in [1.165, 1.54) is 0 Å². The predicted molar refractivity (Wildman–Crippen MR) is 71.3 cm³/mol. The molecule has 0 aromatic carbocycles. The van der Waals surface area contributed by atoms with Crippen LogP contribution in [-0.2, 0) is 19.2 Å². The number of oxime groups is 1. The van der Waals surface area contributed by atoms with Crippen LogP contribution in [0.15, 0.2) is 5.16 Å². The van der Waals surface area contributed by atoms with Gasteiger partial charge in [0.25, 0.3) is 0 Å². The Kier molecular flexibility index (Phi) is 5.66. The van der Waals surface area contributed by atoms with E-state index < -0.39 is 17.5 Å². The van der Waals surface area contributed by atoms with Crippen LogP contribution >= 0.6 is 0 Å². The van der Waals surface area contributed by atoms with Crippen LogP contribution in [0.4, 0.5) is 0 Å². The van der Waals surface area contributed by atoms with Crippen molar-refractivity contribution < 1.29 is 24.3 Å². The van der Waals surface area contributed by atoms with Crippen molar-refractivity contribution in [1.29, 1.82) is 0 Å². The van der Waals surface area contributed by atoms with Crippen LogP contribution < -0.4 is 0 Å². The number of nitrogens with zero attached hydrogens (tertiary/aromatic N) is 2. The normalized spacial score (nSPS) is 23.1. The lowest BCUT2D eigenvalue weighted by Gasteiger charge is -2.28. The fourth-order valence-electron chi connectivity index (χ4n) is 2.16. The highest BCUT2D eigenvalue weighted by atomic mass is 16.6. The van der Waals surface area contributed by atoms with Gasteiger partial charge < -0.3 is 14.8 Å². The Morgan fingerprint density at radius 2 is 1.70 bits per heavy atom. The first-order valence-electron chi connectivity index (χ1n) is 6.52. The number of amides is 1. The minimum absolute atomic E-state index is 0.0134. The van der Waals surface area contributed by atoms with Gasteiger partial charge in [-0.05, 0) is 25.7 Å². The van der Waals surface area contributed by atoms with Crippen molar-refractivity contribution >= 4 is 23.4 Å². The second-order valence-electron chi connectivity index (χ2n) is 5.11. The van der Waals surface area contributed by atoms with E-state index in [4.69, 9.17) is 9.94 Å². The van der Waals surface area contributed by atoms with Crippen LogP contribution in [0.25, 0.3) is 0 Å². The number of ketones is 1. The van der Waals surface area contributed by atoms with Crippen LogP contribution in [0, 0.1) is 5.92 Å². The SMILES string of the molecule is CC(=O)/C(=N\OC1CCC(C(=O)N(C)C)CC1)C(=O)O. The van der Waals surface area contributed by atoms with E-state index in [0.717, 1.165) is 6.92 Å². The van der Waals surface area contributed by atoms with Gasteiger partial charge in [-0.1, -0.05) is 5.16 Å². The smallest absolute Gasteiger partial charge is 0.361 e. The Morgan fingerprint density at radius 1 is 1.15 bits per heavy atom. The first-order valence-corrected chi connectivity index (χ1v) is 6.52. The highest BCUT2D eigenvalue weighted by molar-refractivity contribution is 6.63. The fourth-order valence-corrected chi connectivity index (χ4v) is 2.16. The average Bonchev–Trinajstić information content (AvgIpc) is 2.38. The maximum absolute atomic E-state index is 11.8. The second-order valence-corrected chi connectivity index (χ2v) is 5.11. The van der Waals surface area contributed by atoms with Gasteiger partial charge in [-0.2, -0.15) is 0 Å². The van der Waals surface area contributed by atoms with Crippen molar-refractivity contribution in [2.24, 2.45) is 11.1 Å². The molecule has 0 radical (unpaired) electrons. The molecule has 0 aromatic rings. The minimum Gasteiger partial charge on any atom is -0.476 e. The number of Topliss-reactive ketones (excluding diaryl/α,β-unsaturated/α-hetero) is 1. The third-order valence-corrected chi connectivity index (χ3v) is 3.29. The molecular formula is C13H20N2O5. The molecule has 7 nitrogen and oxygen atoms in total. The van der Waals surface area contributed by atoms with Gasteiger partial charge in [0, 0.05) is 26.9 Å². The Bertz CT molecular complexity index is 406. The Balaban J connectivity index is 2.51. The van der Waals surface area contributed by atoms with E-state index >= 15 is 0 Å². The molecule has 0 saturated heterocycles. The number of rotatable bonds is 5. The molecule has 0 unspecified atom stereocenters. The highest BCUT2D eigenvalue weighted by Gasteiger charge is 2.28. The Hall–Kier alpha value is -1.92. The molecule has 7 heteroatoms. The summed E-state index contributed by atoms with van der Waals surface area (Å²) in [6.45, 7) is 1.13. The zero-order valence-electron chi connectivity index (χ0n) is 12.0. The van der Waals surface area contributed by atoms with Gasteiger partial charge in [-0.15, -0.1) is 0 Å². The van der Waals surface area contributed by atoms with Gasteiger partial charge in [0.05, 0.1) is 0 Å². The van der Waals surface area contributed by atoms with Crippen LogP contribution in [0.1, 0.15) is 32.6 Å². The van der Waals surface area contributed by atoms with Gasteiger partial charge in [0.1, 0.15) is 6.10 Å². The molecule has 20 heavy (non-hydrogen) atoms. The molecule has 1 saturated carbocycles. The lowest BCUT2D eigenvalue weighted by molar-refractivity contribution is -0.135. The summed E-state index contributed by atoms with van der Waals surface area (Å²) in [4.78, 5) is 40.3. The molecule has 112 valence electrons. The van der Waals surface area contributed by atoms with E-state index in [1.54, 1.807) is 19.0 Å². The zero-order chi connectivity index (χ0) is 15.3. The van der Waals surface area contributed by atoms with Crippen LogP contribution in [0.2, 0.25) is 0 Å². The van der Waals surface area contributed by atoms with Crippen molar-refractivity contribution in [1.82, 2.24) is 4.90 Å². The summed E-state index contributed by atoms with van der Waals surface area (Å²) in [5.41, 5.74) is -0.600. The van der Waals surface area contributed by atoms with Crippen molar-refractivity contribution in [3.05, 3.63) is 0 Å². The molecule has 0 heterocycles. The summed E-state index contributed by atoms with van der Waals surface area (Å²) in [6.07, 6.45) is 2.37. The molecule has 0 aromatic heterocycles. The third kappa shape index (κ3) is 4.32. The van der Waals surface area contributed by atoms with Gasteiger partial charge in [-0.3, -0.25) is 9.59 Å². The molecule has 0 spiro atoms. The van der Waals surface area contributed by atoms with Crippen molar-refractivity contribution in [2.45, 2.75) is 38.7 Å². The number of carbonyl (C=O) groups is 3. The zero-order valence-corrected chi connectivity index (χ0v) is 12.0. The molecule has 1 fully saturated rings. The maximum atomic E-state index is 11.8. The molecule has 1 N–H and O–H groups in total. The van der Waals surface area contributed by atoms with E-state index in [-0.39, 0.29) is 17.9 Å².